The molecule has 1 N–H and O–H groups in total. The third-order valence-electron chi connectivity index (χ3n) is 8.06. The van der Waals surface area contributed by atoms with Crippen molar-refractivity contribution in [3.05, 3.63) is 35.9 Å². The van der Waals surface area contributed by atoms with Crippen molar-refractivity contribution in [1.82, 2.24) is 34.0 Å². The van der Waals surface area contributed by atoms with Gasteiger partial charge in [0.15, 0.2) is 17.0 Å². The first-order valence-corrected chi connectivity index (χ1v) is 13.6. The number of piperidine rings is 1. The van der Waals surface area contributed by atoms with Gasteiger partial charge in [0.1, 0.15) is 5.82 Å². The zero-order valence-electron chi connectivity index (χ0n) is 22.8. The number of morpholine rings is 1. The topological polar surface area (TPSA) is 97.4 Å². The molecule has 0 radical (unpaired) electrons. The standard InChI is InChI=1S/C27H33F3N8O2/c1-26(2,39)17-8-10-36(11-9-17)16-20-32-21-22(35(20)3)33-25(34-23(21)37-12-14-40-15-13-37)38-19-7-5-4-6-18(19)31-24(38)27(28,29)30/h4-7,17,39H,8-16H2,1-3H3. The lowest BCUT2D eigenvalue weighted by Crippen LogP contribution is -2.41. The van der Waals surface area contributed by atoms with Crippen molar-refractivity contribution in [2.45, 2.75) is 45.0 Å². The zero-order chi connectivity index (χ0) is 28.2. The smallest absolute Gasteiger partial charge is 0.390 e. The highest BCUT2D eigenvalue weighted by atomic mass is 19.4. The fraction of sp³-hybridized carbons (Fsp3) is 0.556. The lowest BCUT2D eigenvalue weighted by Gasteiger charge is -2.37. The Morgan fingerprint density at radius 1 is 0.975 bits per heavy atom. The van der Waals surface area contributed by atoms with Gasteiger partial charge in [-0.1, -0.05) is 12.1 Å². The number of imidazole rings is 2. The first-order chi connectivity index (χ1) is 19.0. The van der Waals surface area contributed by atoms with Gasteiger partial charge in [-0.15, -0.1) is 0 Å². The van der Waals surface area contributed by atoms with E-state index in [-0.39, 0.29) is 22.9 Å². The van der Waals surface area contributed by atoms with Crippen LogP contribution >= 0.6 is 0 Å². The summed E-state index contributed by atoms with van der Waals surface area (Å²) in [5.41, 5.74) is 0.785. The van der Waals surface area contributed by atoms with E-state index in [1.807, 2.05) is 30.4 Å². The van der Waals surface area contributed by atoms with E-state index in [4.69, 9.17) is 14.7 Å². The van der Waals surface area contributed by atoms with Crippen molar-refractivity contribution in [2.75, 3.05) is 44.3 Å². The Labute approximate surface area is 229 Å². The van der Waals surface area contributed by atoms with E-state index in [2.05, 4.69) is 14.9 Å². The monoisotopic (exact) mass is 558 g/mol. The van der Waals surface area contributed by atoms with Gasteiger partial charge in [-0.05, 0) is 57.8 Å². The first kappa shape index (κ1) is 26.9. The summed E-state index contributed by atoms with van der Waals surface area (Å²) in [6.45, 7) is 7.97. The molecule has 0 unspecified atom stereocenters. The Morgan fingerprint density at radius 2 is 1.68 bits per heavy atom. The minimum Gasteiger partial charge on any atom is -0.390 e. The van der Waals surface area contributed by atoms with Crippen molar-refractivity contribution in [3.63, 3.8) is 0 Å². The largest absolute Gasteiger partial charge is 0.450 e. The van der Waals surface area contributed by atoms with Gasteiger partial charge in [-0.25, -0.2) is 9.97 Å². The number of likely N-dealkylation sites (tertiary alicyclic amines) is 1. The number of para-hydroxylation sites is 2. The third kappa shape index (κ3) is 4.90. The van der Waals surface area contributed by atoms with Crippen LogP contribution in [0.3, 0.4) is 0 Å². The summed E-state index contributed by atoms with van der Waals surface area (Å²) in [5, 5.41) is 10.4. The molecular formula is C27H33F3N8O2. The summed E-state index contributed by atoms with van der Waals surface area (Å²) in [6.07, 6.45) is -2.95. The molecule has 13 heteroatoms. The SMILES string of the molecule is Cn1c(CN2CCC(C(C)(C)O)CC2)nc2c(N3CCOCC3)nc(-n3c(C(F)(F)F)nc4ccccc43)nc21. The van der Waals surface area contributed by atoms with E-state index in [1.54, 1.807) is 24.3 Å². The van der Waals surface area contributed by atoms with E-state index in [1.165, 1.54) is 0 Å². The summed E-state index contributed by atoms with van der Waals surface area (Å²) in [4.78, 5) is 22.4. The molecule has 1 aromatic carbocycles. The number of aromatic nitrogens is 6. The maximum Gasteiger partial charge on any atom is 0.450 e. The van der Waals surface area contributed by atoms with E-state index in [9.17, 15) is 18.3 Å². The minimum atomic E-state index is -4.71. The van der Waals surface area contributed by atoms with Crippen molar-refractivity contribution in [2.24, 2.45) is 13.0 Å². The molecule has 0 bridgehead atoms. The molecule has 2 saturated heterocycles. The fourth-order valence-electron chi connectivity index (χ4n) is 5.73. The number of hydrogen-bond acceptors (Lipinski definition) is 8. The normalized spacial score (nSPS) is 18.3. The molecule has 214 valence electrons. The second-order valence-corrected chi connectivity index (χ2v) is 11.2. The Morgan fingerprint density at radius 3 is 2.35 bits per heavy atom. The number of alkyl halides is 3. The van der Waals surface area contributed by atoms with E-state index in [0.717, 1.165) is 36.3 Å². The molecule has 2 aliphatic heterocycles. The molecule has 6 rings (SSSR count). The molecule has 2 aliphatic rings. The van der Waals surface area contributed by atoms with Crippen LogP contribution in [-0.2, 0) is 24.5 Å². The lowest BCUT2D eigenvalue weighted by atomic mass is 9.83. The highest BCUT2D eigenvalue weighted by Gasteiger charge is 2.39. The van der Waals surface area contributed by atoms with Crippen LogP contribution in [0.5, 0.6) is 0 Å². The number of anilines is 1. The molecule has 4 aromatic rings. The summed E-state index contributed by atoms with van der Waals surface area (Å²) >= 11 is 0. The number of hydrogen-bond donors (Lipinski definition) is 1. The van der Waals surface area contributed by atoms with Crippen LogP contribution in [0.1, 0.15) is 38.3 Å². The van der Waals surface area contributed by atoms with Gasteiger partial charge in [-0.2, -0.15) is 23.1 Å². The van der Waals surface area contributed by atoms with E-state index < -0.39 is 17.6 Å². The number of fused-ring (bicyclic) bond motifs is 2. The molecule has 0 aliphatic carbocycles. The summed E-state index contributed by atoms with van der Waals surface area (Å²) in [6, 6.07) is 6.46. The average molecular weight is 559 g/mol. The van der Waals surface area contributed by atoms with Gasteiger partial charge >= 0.3 is 6.18 Å². The predicted molar refractivity (Wildman–Crippen MR) is 143 cm³/mol. The summed E-state index contributed by atoms with van der Waals surface area (Å²) in [7, 11) is 1.84. The number of benzene rings is 1. The zero-order valence-corrected chi connectivity index (χ0v) is 22.8. The maximum atomic E-state index is 14.2. The van der Waals surface area contributed by atoms with Crippen molar-refractivity contribution in [3.8, 4) is 5.95 Å². The second-order valence-electron chi connectivity index (χ2n) is 11.2. The Bertz CT molecular complexity index is 1530. The quantitative estimate of drug-likeness (QED) is 0.398. The molecule has 40 heavy (non-hydrogen) atoms. The van der Waals surface area contributed by atoms with Crippen LogP contribution in [0.25, 0.3) is 28.1 Å². The maximum absolute atomic E-state index is 14.2. The van der Waals surface area contributed by atoms with Crippen molar-refractivity contribution >= 4 is 28.0 Å². The van der Waals surface area contributed by atoms with Gasteiger partial charge in [0.25, 0.3) is 0 Å². The number of aryl methyl sites for hydroxylation is 1. The van der Waals surface area contributed by atoms with Crippen LogP contribution in [0.15, 0.2) is 24.3 Å². The molecule has 5 heterocycles. The molecule has 0 spiro atoms. The first-order valence-electron chi connectivity index (χ1n) is 13.6. The van der Waals surface area contributed by atoms with Gasteiger partial charge in [-0.3, -0.25) is 9.47 Å². The van der Waals surface area contributed by atoms with Crippen LogP contribution < -0.4 is 4.90 Å². The van der Waals surface area contributed by atoms with E-state index >= 15 is 0 Å². The van der Waals surface area contributed by atoms with Gasteiger partial charge in [0, 0.05) is 20.1 Å². The Kier molecular flexibility index (Phi) is 6.70. The predicted octanol–water partition coefficient (Wildman–Crippen LogP) is 3.54. The highest BCUT2D eigenvalue weighted by Crippen LogP contribution is 2.35. The van der Waals surface area contributed by atoms with Gasteiger partial charge in [0.2, 0.25) is 11.8 Å². The van der Waals surface area contributed by atoms with Crippen molar-refractivity contribution < 1.29 is 23.0 Å². The lowest BCUT2D eigenvalue weighted by molar-refractivity contribution is -0.145. The molecule has 3 aromatic heterocycles. The Balaban J connectivity index is 1.45. The number of halogens is 3. The van der Waals surface area contributed by atoms with Crippen LogP contribution in [0, 0.1) is 5.92 Å². The molecule has 2 fully saturated rings. The third-order valence-corrected chi connectivity index (χ3v) is 8.06. The van der Waals surface area contributed by atoms with Crippen LogP contribution in [-0.4, -0.2) is 84.1 Å². The number of rotatable bonds is 5. The van der Waals surface area contributed by atoms with Gasteiger partial charge < -0.3 is 19.3 Å². The van der Waals surface area contributed by atoms with Crippen LogP contribution in [0.2, 0.25) is 0 Å². The highest BCUT2D eigenvalue weighted by molar-refractivity contribution is 5.86. The molecule has 0 saturated carbocycles. The average Bonchev–Trinajstić information content (AvgIpc) is 3.47. The Hall–Kier alpha value is -3.29. The second kappa shape index (κ2) is 9.96. The molecule has 0 amide bonds. The molecular weight excluding hydrogens is 525 g/mol. The molecule has 10 nitrogen and oxygen atoms in total. The number of aliphatic hydroxyl groups is 1. The minimum absolute atomic E-state index is 0.101. The summed E-state index contributed by atoms with van der Waals surface area (Å²) in [5.74, 6) is 0.299. The number of nitrogens with zero attached hydrogens (tertiary/aromatic N) is 8. The number of ether oxygens (including phenoxy) is 1. The summed E-state index contributed by atoms with van der Waals surface area (Å²) < 4.78 is 50.9. The molecule has 0 atom stereocenters. The van der Waals surface area contributed by atoms with Gasteiger partial charge in [0.05, 0.1) is 36.4 Å². The fourth-order valence-corrected chi connectivity index (χ4v) is 5.73. The van der Waals surface area contributed by atoms with E-state index in [0.29, 0.717) is 49.8 Å². The van der Waals surface area contributed by atoms with Crippen LogP contribution in [0.4, 0.5) is 19.0 Å². The van der Waals surface area contributed by atoms with Crippen molar-refractivity contribution in [1.29, 1.82) is 0 Å².